The van der Waals surface area contributed by atoms with E-state index in [1.54, 1.807) is 0 Å². The molecule has 0 radical (unpaired) electrons. The van der Waals surface area contributed by atoms with E-state index >= 15 is 0 Å². The third-order valence-corrected chi connectivity index (χ3v) is 9.51. The Bertz CT molecular complexity index is 3050. The van der Waals surface area contributed by atoms with Crippen LogP contribution in [0.15, 0.2) is 138 Å². The van der Waals surface area contributed by atoms with Crippen molar-refractivity contribution in [2.45, 2.75) is 0 Å². The van der Waals surface area contributed by atoms with Gasteiger partial charge in [-0.2, -0.15) is 0 Å². The van der Waals surface area contributed by atoms with Gasteiger partial charge >= 0.3 is 0 Å². The molecule has 0 bridgehead atoms. The first-order valence-electron chi connectivity index (χ1n) is 15.2. The molecule has 45 heavy (non-hydrogen) atoms. The Hall–Kier alpha value is -6.20. The minimum Gasteiger partial charge on any atom is -0.455 e. The molecule has 6 aromatic carbocycles. The quantitative estimate of drug-likeness (QED) is 0.183. The lowest BCUT2D eigenvalue weighted by molar-refractivity contribution is 0.672. The first-order valence-corrected chi connectivity index (χ1v) is 15.2. The highest BCUT2D eigenvalue weighted by Crippen LogP contribution is 2.40. The molecule has 11 rings (SSSR count). The van der Waals surface area contributed by atoms with Crippen LogP contribution in [0.25, 0.3) is 98.7 Å². The van der Waals surface area contributed by atoms with Gasteiger partial charge in [0.25, 0.3) is 0 Å². The van der Waals surface area contributed by atoms with Gasteiger partial charge in [-0.1, -0.05) is 84.9 Å². The fraction of sp³-hybridized carbons (Fsp3) is 0. The predicted octanol–water partition coefficient (Wildman–Crippen LogP) is 10.3. The van der Waals surface area contributed by atoms with Crippen LogP contribution >= 0.6 is 0 Å². The summed E-state index contributed by atoms with van der Waals surface area (Å²) < 4.78 is 11.1. The summed E-state index contributed by atoms with van der Waals surface area (Å²) >= 11 is 0. The van der Waals surface area contributed by atoms with Crippen molar-refractivity contribution >= 4 is 93.0 Å². The van der Waals surface area contributed by atoms with Gasteiger partial charge in [-0.15, -0.1) is 0 Å². The van der Waals surface area contributed by atoms with Crippen LogP contribution in [-0.4, -0.2) is 18.9 Å². The highest BCUT2D eigenvalue weighted by molar-refractivity contribution is 6.23. The Kier molecular flexibility index (Phi) is 4.26. The number of aromatic nitrogens is 4. The molecule has 11 aromatic rings. The van der Waals surface area contributed by atoms with Crippen molar-refractivity contribution < 1.29 is 4.42 Å². The standard InChI is InChI=1S/C40H22N4O/c1-2-13-29-24(9-1)25-10-3-7-15-34(25)44-35-20-17-23(21-32(35)42-40(29)44)43-33-14-6-4-11-26(33)28-18-19-30-37(38(28)43)41-22-31-27-12-5-8-16-36(27)45-39(30)31/h1-22H. The summed E-state index contributed by atoms with van der Waals surface area (Å²) in [6.07, 6.45) is 1.96. The van der Waals surface area contributed by atoms with E-state index in [1.807, 2.05) is 24.4 Å². The second kappa shape index (κ2) is 8.24. The number of pyridine rings is 2. The molecule has 0 spiro atoms. The van der Waals surface area contributed by atoms with E-state index in [0.29, 0.717) is 0 Å². The fourth-order valence-electron chi connectivity index (χ4n) is 7.59. The molecule has 0 saturated carbocycles. The average molecular weight is 575 g/mol. The summed E-state index contributed by atoms with van der Waals surface area (Å²) in [6, 6.07) is 45.0. The maximum atomic E-state index is 6.43. The van der Waals surface area contributed by atoms with Crippen LogP contribution in [0.3, 0.4) is 0 Å². The molecule has 0 aliphatic carbocycles. The first-order chi connectivity index (χ1) is 22.3. The Morgan fingerprint density at radius 3 is 2.07 bits per heavy atom. The van der Waals surface area contributed by atoms with Crippen molar-refractivity contribution in [3.63, 3.8) is 0 Å². The van der Waals surface area contributed by atoms with Crippen LogP contribution < -0.4 is 0 Å². The molecule has 0 unspecified atom stereocenters. The Labute approximate surface area is 255 Å². The van der Waals surface area contributed by atoms with Gasteiger partial charge in [0.2, 0.25) is 0 Å². The van der Waals surface area contributed by atoms with E-state index in [0.717, 1.165) is 82.5 Å². The maximum Gasteiger partial charge on any atom is 0.146 e. The molecule has 5 heteroatoms. The third kappa shape index (κ3) is 2.92. The monoisotopic (exact) mass is 574 g/mol. The van der Waals surface area contributed by atoms with Crippen LogP contribution in [0, 0.1) is 0 Å². The molecular formula is C40H22N4O. The zero-order chi connectivity index (χ0) is 29.2. The minimum absolute atomic E-state index is 0.870. The molecule has 5 nitrogen and oxygen atoms in total. The van der Waals surface area contributed by atoms with Crippen LogP contribution in [0.4, 0.5) is 0 Å². The van der Waals surface area contributed by atoms with Crippen LogP contribution in [-0.2, 0) is 0 Å². The van der Waals surface area contributed by atoms with E-state index < -0.39 is 0 Å². The second-order valence-electron chi connectivity index (χ2n) is 11.8. The Morgan fingerprint density at radius 1 is 0.511 bits per heavy atom. The van der Waals surface area contributed by atoms with Gasteiger partial charge < -0.3 is 8.98 Å². The summed E-state index contributed by atoms with van der Waals surface area (Å²) in [5.41, 5.74) is 10.1. The third-order valence-electron chi connectivity index (χ3n) is 9.51. The van der Waals surface area contributed by atoms with E-state index in [-0.39, 0.29) is 0 Å². The maximum absolute atomic E-state index is 6.43. The first kappa shape index (κ1) is 23.3. The van der Waals surface area contributed by atoms with Crippen molar-refractivity contribution in [1.29, 1.82) is 0 Å². The molecule has 0 atom stereocenters. The molecule has 208 valence electrons. The van der Waals surface area contributed by atoms with Gasteiger partial charge in [0.05, 0.1) is 33.1 Å². The SMILES string of the molecule is c1ccc2c(c1)oc1c2cnc2c1ccc1c3ccccc3n(-c3ccc4c(c3)nc3c5ccccc5c5ccccc5n43)c12. The number of rotatable bonds is 1. The average Bonchev–Trinajstić information content (AvgIpc) is 3.78. The summed E-state index contributed by atoms with van der Waals surface area (Å²) in [7, 11) is 0. The van der Waals surface area contributed by atoms with E-state index in [2.05, 4.69) is 118 Å². The minimum atomic E-state index is 0.870. The van der Waals surface area contributed by atoms with Crippen molar-refractivity contribution in [3.8, 4) is 5.69 Å². The number of imidazole rings is 1. The van der Waals surface area contributed by atoms with Crippen molar-refractivity contribution in [3.05, 3.63) is 134 Å². The number of nitrogens with zero attached hydrogens (tertiary/aromatic N) is 4. The number of hydrogen-bond acceptors (Lipinski definition) is 3. The van der Waals surface area contributed by atoms with Crippen LogP contribution in [0.5, 0.6) is 0 Å². The highest BCUT2D eigenvalue weighted by atomic mass is 16.3. The van der Waals surface area contributed by atoms with Crippen molar-refractivity contribution in [1.82, 2.24) is 18.9 Å². The summed E-state index contributed by atoms with van der Waals surface area (Å²) in [5.74, 6) is 0. The largest absolute Gasteiger partial charge is 0.455 e. The van der Waals surface area contributed by atoms with Crippen LogP contribution in [0.1, 0.15) is 0 Å². The summed E-state index contributed by atoms with van der Waals surface area (Å²) in [6.45, 7) is 0. The number of furan rings is 1. The lowest BCUT2D eigenvalue weighted by Gasteiger charge is -2.10. The molecule has 0 aliphatic rings. The molecular weight excluding hydrogens is 552 g/mol. The zero-order valence-corrected chi connectivity index (χ0v) is 23.9. The normalized spacial score (nSPS) is 12.4. The van der Waals surface area contributed by atoms with Gasteiger partial charge in [-0.05, 0) is 47.9 Å². The molecule has 0 fully saturated rings. The van der Waals surface area contributed by atoms with Crippen molar-refractivity contribution in [2.75, 3.05) is 0 Å². The zero-order valence-electron chi connectivity index (χ0n) is 23.9. The van der Waals surface area contributed by atoms with Gasteiger partial charge in [-0.25, -0.2) is 4.98 Å². The Morgan fingerprint density at radius 2 is 1.20 bits per heavy atom. The molecule has 0 amide bonds. The Balaban J connectivity index is 1.27. The lowest BCUT2D eigenvalue weighted by atomic mass is 10.1. The van der Waals surface area contributed by atoms with E-state index in [9.17, 15) is 0 Å². The van der Waals surface area contributed by atoms with Crippen molar-refractivity contribution in [2.24, 2.45) is 0 Å². The molecule has 0 N–H and O–H groups in total. The number of benzene rings is 6. The van der Waals surface area contributed by atoms with Gasteiger partial charge in [0, 0.05) is 49.6 Å². The van der Waals surface area contributed by atoms with Gasteiger partial charge in [0.1, 0.15) is 16.8 Å². The summed E-state index contributed by atoms with van der Waals surface area (Å²) in [4.78, 5) is 10.4. The lowest BCUT2D eigenvalue weighted by Crippen LogP contribution is -1.96. The second-order valence-corrected chi connectivity index (χ2v) is 11.8. The molecule has 0 aliphatic heterocycles. The fourth-order valence-corrected chi connectivity index (χ4v) is 7.59. The molecule has 0 saturated heterocycles. The number of para-hydroxylation sites is 3. The van der Waals surface area contributed by atoms with Gasteiger partial charge in [0.15, 0.2) is 0 Å². The predicted molar refractivity (Wildman–Crippen MR) is 185 cm³/mol. The van der Waals surface area contributed by atoms with Gasteiger partial charge in [-0.3, -0.25) is 9.38 Å². The topological polar surface area (TPSA) is 48.3 Å². The molecule has 5 heterocycles. The number of fused-ring (bicyclic) bond motifs is 17. The molecule has 5 aromatic heterocycles. The van der Waals surface area contributed by atoms with E-state index in [1.165, 1.54) is 16.2 Å². The smallest absolute Gasteiger partial charge is 0.146 e. The van der Waals surface area contributed by atoms with Crippen LogP contribution in [0.2, 0.25) is 0 Å². The van der Waals surface area contributed by atoms with E-state index in [4.69, 9.17) is 14.4 Å². The summed E-state index contributed by atoms with van der Waals surface area (Å²) in [5, 5.41) is 9.06. The highest BCUT2D eigenvalue weighted by Gasteiger charge is 2.20. The number of hydrogen-bond donors (Lipinski definition) is 0.